The van der Waals surface area contributed by atoms with Gasteiger partial charge in [-0.3, -0.25) is 0 Å². The fraction of sp³-hybridized carbons (Fsp3) is 0.0645. The van der Waals surface area contributed by atoms with Crippen molar-refractivity contribution in [2.45, 2.75) is 6.92 Å². The Labute approximate surface area is 191 Å². The summed E-state index contributed by atoms with van der Waals surface area (Å²) in [6.45, 7) is 2.23. The van der Waals surface area contributed by atoms with E-state index in [1.54, 1.807) is 0 Å². The van der Waals surface area contributed by atoms with Crippen molar-refractivity contribution in [3.8, 4) is 0 Å². The maximum Gasteiger partial charge on any atom is 0.238 e. The van der Waals surface area contributed by atoms with E-state index < -0.39 is 0 Å². The summed E-state index contributed by atoms with van der Waals surface area (Å²) in [6, 6.07) is 35.4. The Bertz CT molecular complexity index is 1940. The quantitative estimate of drug-likeness (QED) is 0.225. The van der Waals surface area contributed by atoms with Crippen LogP contribution in [0.15, 0.2) is 103 Å². The van der Waals surface area contributed by atoms with Crippen LogP contribution in [0, 0.1) is 6.92 Å². The first-order chi connectivity index (χ1) is 16.2. The molecule has 0 unspecified atom stereocenters. The molecule has 2 heteroatoms. The van der Waals surface area contributed by atoms with E-state index in [2.05, 4.69) is 126 Å². The second-order valence-electron chi connectivity index (χ2n) is 8.95. The van der Waals surface area contributed by atoms with Gasteiger partial charge in [0.05, 0.1) is 16.4 Å². The third kappa shape index (κ3) is 2.41. The van der Waals surface area contributed by atoms with E-state index >= 15 is 0 Å². The fourth-order valence-electron chi connectivity index (χ4n) is 5.70. The van der Waals surface area contributed by atoms with Crippen molar-refractivity contribution >= 4 is 59.8 Å². The number of hydrogen-bond acceptors (Lipinski definition) is 0. The maximum atomic E-state index is 2.48. The number of benzene rings is 4. The van der Waals surface area contributed by atoms with Gasteiger partial charge < -0.3 is 4.40 Å². The minimum Gasteiger partial charge on any atom is -0.303 e. The Hall–Kier alpha value is -4.17. The van der Waals surface area contributed by atoms with Crippen molar-refractivity contribution in [3.63, 3.8) is 0 Å². The van der Waals surface area contributed by atoms with Crippen LogP contribution in [-0.4, -0.2) is 4.40 Å². The highest BCUT2D eigenvalue weighted by Crippen LogP contribution is 2.37. The number of aryl methyl sites for hydroxylation is 2. The molecule has 0 aliphatic carbocycles. The Balaban J connectivity index is 2.07. The van der Waals surface area contributed by atoms with Gasteiger partial charge in [0.25, 0.3) is 0 Å². The number of pyridine rings is 1. The van der Waals surface area contributed by atoms with Crippen molar-refractivity contribution < 1.29 is 4.57 Å². The lowest BCUT2D eigenvalue weighted by Crippen LogP contribution is -2.28. The fourth-order valence-corrected chi connectivity index (χ4v) is 5.70. The summed E-state index contributed by atoms with van der Waals surface area (Å²) in [5.41, 5.74) is 6.25. The Morgan fingerprint density at radius 1 is 0.545 bits per heavy atom. The molecule has 0 saturated carbocycles. The van der Waals surface area contributed by atoms with Crippen LogP contribution in [0.25, 0.3) is 59.8 Å². The summed E-state index contributed by atoms with van der Waals surface area (Å²) in [5.74, 6) is 0. The van der Waals surface area contributed by atoms with Crippen LogP contribution in [0.5, 0.6) is 0 Å². The molecule has 0 amide bonds. The largest absolute Gasteiger partial charge is 0.303 e. The van der Waals surface area contributed by atoms with E-state index in [0.717, 1.165) is 0 Å². The minimum atomic E-state index is 1.22. The Kier molecular flexibility index (Phi) is 3.72. The van der Waals surface area contributed by atoms with E-state index in [1.807, 2.05) is 0 Å². The lowest BCUT2D eigenvalue weighted by Gasteiger charge is -2.04. The third-order valence-electron chi connectivity index (χ3n) is 7.12. The van der Waals surface area contributed by atoms with E-state index in [0.29, 0.717) is 0 Å². The predicted molar refractivity (Wildman–Crippen MR) is 140 cm³/mol. The summed E-state index contributed by atoms with van der Waals surface area (Å²) in [6.07, 6.45) is 2.21. The smallest absolute Gasteiger partial charge is 0.238 e. The normalized spacial score (nSPS) is 11.9. The van der Waals surface area contributed by atoms with Gasteiger partial charge in [-0.1, -0.05) is 78.9 Å². The molecule has 4 aromatic carbocycles. The molecule has 0 N–H and O–H groups in total. The van der Waals surface area contributed by atoms with Gasteiger partial charge in [-0.25, -0.2) is 0 Å². The van der Waals surface area contributed by atoms with Crippen LogP contribution >= 0.6 is 0 Å². The van der Waals surface area contributed by atoms with Crippen LogP contribution in [0.3, 0.4) is 0 Å². The van der Waals surface area contributed by atoms with Gasteiger partial charge in [-0.05, 0) is 40.8 Å². The zero-order valence-corrected chi connectivity index (χ0v) is 18.7. The molecule has 0 atom stereocenters. The molecule has 0 aliphatic rings. The summed E-state index contributed by atoms with van der Waals surface area (Å²) in [5, 5.41) is 8.94. The molecule has 33 heavy (non-hydrogen) atoms. The summed E-state index contributed by atoms with van der Waals surface area (Å²) in [4.78, 5) is 0. The van der Waals surface area contributed by atoms with E-state index in [9.17, 15) is 0 Å². The van der Waals surface area contributed by atoms with E-state index in [1.165, 1.54) is 65.3 Å². The summed E-state index contributed by atoms with van der Waals surface area (Å²) < 4.78 is 4.77. The Morgan fingerprint density at radius 2 is 1.09 bits per heavy atom. The second-order valence-corrected chi connectivity index (χ2v) is 8.95. The van der Waals surface area contributed by atoms with Crippen molar-refractivity contribution in [3.05, 3.63) is 109 Å². The van der Waals surface area contributed by atoms with Crippen LogP contribution in [-0.2, 0) is 7.05 Å². The van der Waals surface area contributed by atoms with Gasteiger partial charge in [-0.2, -0.15) is 4.57 Å². The molecule has 3 heterocycles. The van der Waals surface area contributed by atoms with Gasteiger partial charge in [-0.15, -0.1) is 0 Å². The zero-order chi connectivity index (χ0) is 22.1. The van der Waals surface area contributed by atoms with Gasteiger partial charge in [0.2, 0.25) is 5.52 Å². The second kappa shape index (κ2) is 6.66. The zero-order valence-electron chi connectivity index (χ0n) is 18.7. The third-order valence-corrected chi connectivity index (χ3v) is 7.12. The number of aromatic nitrogens is 2. The van der Waals surface area contributed by atoms with Crippen LogP contribution in [0.1, 0.15) is 5.56 Å². The lowest BCUT2D eigenvalue weighted by molar-refractivity contribution is -0.644. The average Bonchev–Trinajstić information content (AvgIpc) is 3.20. The van der Waals surface area contributed by atoms with Crippen molar-refractivity contribution in [1.82, 2.24) is 4.40 Å². The van der Waals surface area contributed by atoms with Crippen molar-refractivity contribution in [2.75, 3.05) is 0 Å². The summed E-state index contributed by atoms with van der Waals surface area (Å²) in [7, 11) is 2.17. The molecule has 0 saturated heterocycles. The first-order valence-corrected chi connectivity index (χ1v) is 11.4. The SMILES string of the molecule is Cc1cccc2c3ccccc3c3ccccc3n3c4ccccc4c4cc[n+](C)c(c12)c43. The number of nitrogens with zero attached hydrogens (tertiary/aromatic N) is 2. The molecule has 7 aromatic rings. The molecule has 0 radical (unpaired) electrons. The van der Waals surface area contributed by atoms with Gasteiger partial charge in [0.1, 0.15) is 12.6 Å². The molecule has 156 valence electrons. The average molecular weight is 424 g/mol. The topological polar surface area (TPSA) is 8.29 Å². The van der Waals surface area contributed by atoms with Crippen molar-refractivity contribution in [2.24, 2.45) is 7.05 Å². The highest BCUT2D eigenvalue weighted by atomic mass is 15.0. The van der Waals surface area contributed by atoms with Crippen LogP contribution in [0.2, 0.25) is 0 Å². The molecule has 0 aliphatic heterocycles. The monoisotopic (exact) mass is 423 g/mol. The predicted octanol–water partition coefficient (Wildman–Crippen LogP) is 7.40. The number of para-hydroxylation sites is 2. The molecular formula is C31H23N2+. The van der Waals surface area contributed by atoms with Gasteiger partial charge in [0.15, 0.2) is 6.20 Å². The maximum absolute atomic E-state index is 2.48. The number of hydrogen-bond donors (Lipinski definition) is 0. The van der Waals surface area contributed by atoms with Gasteiger partial charge >= 0.3 is 0 Å². The van der Waals surface area contributed by atoms with Crippen LogP contribution in [0.4, 0.5) is 0 Å². The Morgan fingerprint density at radius 3 is 1.79 bits per heavy atom. The lowest BCUT2D eigenvalue weighted by atomic mass is 9.99. The number of rotatable bonds is 0. The molecular weight excluding hydrogens is 400 g/mol. The molecule has 2 nitrogen and oxygen atoms in total. The van der Waals surface area contributed by atoms with Crippen LogP contribution < -0.4 is 4.57 Å². The first-order valence-electron chi connectivity index (χ1n) is 11.4. The molecule has 0 bridgehead atoms. The van der Waals surface area contributed by atoms with E-state index in [4.69, 9.17) is 0 Å². The number of fused-ring (bicyclic) bond motifs is 10. The molecule has 0 fully saturated rings. The highest BCUT2D eigenvalue weighted by molar-refractivity contribution is 6.23. The van der Waals surface area contributed by atoms with E-state index in [-0.39, 0.29) is 0 Å². The van der Waals surface area contributed by atoms with Gasteiger partial charge in [0, 0.05) is 22.2 Å². The molecule has 0 spiro atoms. The standard InChI is InChI=1S/C31H23N2/c1-20-10-9-15-25-22-12-4-3-11-21(22)23-13-5-7-16-27(23)33-28-17-8-6-14-24(28)26-18-19-32(2)31(29(20)25)30(26)33/h3-19H,1-2H3/q+1. The van der Waals surface area contributed by atoms with Crippen molar-refractivity contribution in [1.29, 1.82) is 0 Å². The molecule has 3 aromatic heterocycles. The first kappa shape index (κ1) is 18.4. The highest BCUT2D eigenvalue weighted by Gasteiger charge is 2.20. The minimum absolute atomic E-state index is 1.22. The molecule has 7 rings (SSSR count). The summed E-state index contributed by atoms with van der Waals surface area (Å²) >= 11 is 0.